The van der Waals surface area contributed by atoms with Crippen LogP contribution in [0.5, 0.6) is 0 Å². The number of anilines is 1. The van der Waals surface area contributed by atoms with E-state index in [-0.39, 0.29) is 24.5 Å². The van der Waals surface area contributed by atoms with E-state index in [2.05, 4.69) is 27.9 Å². The Bertz CT molecular complexity index is 521. The molecule has 1 amide bonds. The second-order valence-electron chi connectivity index (χ2n) is 5.03. The summed E-state index contributed by atoms with van der Waals surface area (Å²) >= 11 is 2.18. The molecule has 2 rings (SSSR count). The van der Waals surface area contributed by atoms with Gasteiger partial charge in [-0.05, 0) is 54.1 Å². The van der Waals surface area contributed by atoms with Crippen LogP contribution in [0.1, 0.15) is 19.3 Å². The van der Waals surface area contributed by atoms with Gasteiger partial charge in [0.05, 0.1) is 19.3 Å². The number of esters is 1. The number of hydrogen-bond acceptors (Lipinski definition) is 4. The maximum absolute atomic E-state index is 12.2. The van der Waals surface area contributed by atoms with Crippen molar-refractivity contribution in [3.63, 3.8) is 0 Å². The van der Waals surface area contributed by atoms with Gasteiger partial charge in [-0.15, -0.1) is 0 Å². The molecule has 6 heteroatoms. The molecule has 1 N–H and O–H groups in total. The molecule has 0 aliphatic carbocycles. The van der Waals surface area contributed by atoms with Gasteiger partial charge in [-0.2, -0.15) is 0 Å². The van der Waals surface area contributed by atoms with Crippen LogP contribution in [0.15, 0.2) is 24.3 Å². The van der Waals surface area contributed by atoms with Crippen molar-refractivity contribution in [3.8, 4) is 0 Å². The zero-order valence-corrected chi connectivity index (χ0v) is 14.1. The summed E-state index contributed by atoms with van der Waals surface area (Å²) in [6, 6.07) is 7.32. The third kappa shape index (κ3) is 4.41. The average Bonchev–Trinajstić information content (AvgIpc) is 2.49. The van der Waals surface area contributed by atoms with E-state index in [1.807, 2.05) is 29.2 Å². The Kier molecular flexibility index (Phi) is 5.98. The molecule has 1 heterocycles. The quantitative estimate of drug-likeness (QED) is 0.620. The van der Waals surface area contributed by atoms with Gasteiger partial charge in [0, 0.05) is 3.57 Å². The molecule has 21 heavy (non-hydrogen) atoms. The molecule has 0 radical (unpaired) electrons. The minimum atomic E-state index is -0.302. The number of likely N-dealkylation sites (tertiary alicyclic amines) is 1. The van der Waals surface area contributed by atoms with Crippen LogP contribution >= 0.6 is 22.6 Å². The topological polar surface area (TPSA) is 58.6 Å². The first-order valence-corrected chi connectivity index (χ1v) is 8.06. The van der Waals surface area contributed by atoms with E-state index in [9.17, 15) is 9.59 Å². The minimum absolute atomic E-state index is 0.102. The maximum Gasteiger partial charge on any atom is 0.323 e. The van der Waals surface area contributed by atoms with Gasteiger partial charge in [0.25, 0.3) is 0 Å². The largest absolute Gasteiger partial charge is 0.468 e. The Morgan fingerprint density at radius 1 is 1.38 bits per heavy atom. The number of hydrogen-bond donors (Lipinski definition) is 1. The number of piperidine rings is 1. The third-order valence-corrected chi connectivity index (χ3v) is 4.52. The van der Waals surface area contributed by atoms with Crippen LogP contribution < -0.4 is 5.32 Å². The van der Waals surface area contributed by atoms with Gasteiger partial charge < -0.3 is 10.1 Å². The molecule has 114 valence electrons. The Morgan fingerprint density at radius 3 is 2.86 bits per heavy atom. The number of halogens is 1. The molecule has 1 aliphatic rings. The maximum atomic E-state index is 12.2. The lowest BCUT2D eigenvalue weighted by molar-refractivity contribution is -0.148. The van der Waals surface area contributed by atoms with Gasteiger partial charge in [0.1, 0.15) is 6.04 Å². The van der Waals surface area contributed by atoms with E-state index >= 15 is 0 Å². The van der Waals surface area contributed by atoms with Gasteiger partial charge in [0.15, 0.2) is 0 Å². The lowest BCUT2D eigenvalue weighted by Gasteiger charge is -2.33. The van der Waals surface area contributed by atoms with Gasteiger partial charge in [-0.25, -0.2) is 0 Å². The minimum Gasteiger partial charge on any atom is -0.468 e. The average molecular weight is 402 g/mol. The number of amides is 1. The summed E-state index contributed by atoms with van der Waals surface area (Å²) in [5, 5.41) is 2.89. The molecule has 1 fully saturated rings. The summed E-state index contributed by atoms with van der Waals surface area (Å²) < 4.78 is 5.82. The summed E-state index contributed by atoms with van der Waals surface area (Å²) in [5.74, 6) is -0.355. The zero-order valence-electron chi connectivity index (χ0n) is 12.0. The smallest absolute Gasteiger partial charge is 0.323 e. The van der Waals surface area contributed by atoms with Gasteiger partial charge in [-0.3, -0.25) is 14.5 Å². The molecule has 0 bridgehead atoms. The lowest BCUT2D eigenvalue weighted by Crippen LogP contribution is -2.48. The number of carbonyl (C=O) groups excluding carboxylic acids is 2. The molecule has 0 saturated carbocycles. The number of nitrogens with one attached hydrogen (secondary N) is 1. The van der Waals surface area contributed by atoms with Crippen molar-refractivity contribution < 1.29 is 14.3 Å². The summed E-state index contributed by atoms with van der Waals surface area (Å²) in [7, 11) is 1.39. The predicted octanol–water partition coefficient (Wildman–Crippen LogP) is 2.26. The lowest BCUT2D eigenvalue weighted by atomic mass is 10.0. The highest BCUT2D eigenvalue weighted by Crippen LogP contribution is 2.19. The van der Waals surface area contributed by atoms with Crippen LogP contribution in [0.4, 0.5) is 5.69 Å². The highest BCUT2D eigenvalue weighted by atomic mass is 127. The van der Waals surface area contributed by atoms with Crippen LogP contribution in [0, 0.1) is 3.57 Å². The first-order chi connectivity index (χ1) is 10.1. The van der Waals surface area contributed by atoms with Gasteiger partial charge in [-0.1, -0.05) is 18.6 Å². The molecule has 0 aromatic heterocycles. The molecular formula is C15H19IN2O3. The van der Waals surface area contributed by atoms with E-state index in [1.165, 1.54) is 7.11 Å². The molecule has 0 spiro atoms. The first kappa shape index (κ1) is 16.2. The second kappa shape index (κ2) is 7.74. The molecule has 1 atom stereocenters. The Labute approximate surface area is 138 Å². The van der Waals surface area contributed by atoms with Crippen molar-refractivity contribution >= 4 is 40.2 Å². The van der Waals surface area contributed by atoms with E-state index < -0.39 is 0 Å². The molecule has 1 saturated heterocycles. The van der Waals surface area contributed by atoms with Crippen molar-refractivity contribution in [2.24, 2.45) is 0 Å². The molecule has 5 nitrogen and oxygen atoms in total. The van der Waals surface area contributed by atoms with Crippen LogP contribution in [-0.4, -0.2) is 43.0 Å². The van der Waals surface area contributed by atoms with Crippen molar-refractivity contribution in [1.29, 1.82) is 0 Å². The monoisotopic (exact) mass is 402 g/mol. The number of para-hydroxylation sites is 1. The number of ether oxygens (including phenoxy) is 1. The van der Waals surface area contributed by atoms with Crippen LogP contribution in [0.25, 0.3) is 0 Å². The predicted molar refractivity (Wildman–Crippen MR) is 89.0 cm³/mol. The Hall–Kier alpha value is -1.15. The number of rotatable bonds is 4. The van der Waals surface area contributed by atoms with Gasteiger partial charge >= 0.3 is 5.97 Å². The number of carbonyl (C=O) groups is 2. The fourth-order valence-electron chi connectivity index (χ4n) is 2.52. The summed E-state index contributed by atoms with van der Waals surface area (Å²) in [5.41, 5.74) is 0.801. The molecule has 1 aromatic carbocycles. The molecular weight excluding hydrogens is 383 g/mol. The number of benzene rings is 1. The fraction of sp³-hybridized carbons (Fsp3) is 0.467. The summed E-state index contributed by atoms with van der Waals surface area (Å²) in [4.78, 5) is 25.9. The summed E-state index contributed by atoms with van der Waals surface area (Å²) in [6.45, 7) is 0.962. The van der Waals surface area contributed by atoms with E-state index in [4.69, 9.17) is 4.74 Å². The first-order valence-electron chi connectivity index (χ1n) is 6.98. The van der Waals surface area contributed by atoms with Crippen molar-refractivity contribution in [3.05, 3.63) is 27.8 Å². The van der Waals surface area contributed by atoms with Crippen LogP contribution in [-0.2, 0) is 14.3 Å². The molecule has 1 aliphatic heterocycles. The summed E-state index contributed by atoms with van der Waals surface area (Å²) in [6.07, 6.45) is 2.75. The van der Waals surface area contributed by atoms with Crippen molar-refractivity contribution in [2.75, 3.05) is 25.5 Å². The SMILES string of the molecule is COC(=O)[C@H]1CCCCN1CC(=O)Nc1ccccc1I. The zero-order chi connectivity index (χ0) is 15.2. The highest BCUT2D eigenvalue weighted by Gasteiger charge is 2.30. The highest BCUT2D eigenvalue weighted by molar-refractivity contribution is 14.1. The Balaban J connectivity index is 1.97. The van der Waals surface area contributed by atoms with Crippen molar-refractivity contribution in [1.82, 2.24) is 4.90 Å². The Morgan fingerprint density at radius 2 is 2.14 bits per heavy atom. The fourth-order valence-corrected chi connectivity index (χ4v) is 3.04. The number of methoxy groups -OCH3 is 1. The van der Waals surface area contributed by atoms with E-state index in [0.29, 0.717) is 0 Å². The van der Waals surface area contributed by atoms with Crippen LogP contribution in [0.2, 0.25) is 0 Å². The molecule has 1 aromatic rings. The van der Waals surface area contributed by atoms with Crippen molar-refractivity contribution in [2.45, 2.75) is 25.3 Å². The van der Waals surface area contributed by atoms with Gasteiger partial charge in [0.2, 0.25) is 5.91 Å². The second-order valence-corrected chi connectivity index (χ2v) is 6.20. The van der Waals surface area contributed by atoms with Crippen LogP contribution in [0.3, 0.4) is 0 Å². The normalized spacial score (nSPS) is 19.0. The van der Waals surface area contributed by atoms with E-state index in [1.54, 1.807) is 0 Å². The van der Waals surface area contributed by atoms with E-state index in [0.717, 1.165) is 35.1 Å². The standard InChI is InChI=1S/C15H19IN2O3/c1-21-15(20)13-8-4-5-9-18(13)10-14(19)17-12-7-3-2-6-11(12)16/h2-3,6-7,13H,4-5,8-10H2,1H3,(H,17,19)/t13-/m1/s1. The molecule has 0 unspecified atom stereocenters. The third-order valence-electron chi connectivity index (χ3n) is 3.58. The number of nitrogens with zero attached hydrogens (tertiary/aromatic N) is 1.